The molecule has 2 amide bonds. The molecule has 5 heteroatoms. The minimum atomic E-state index is -0.0858. The molecule has 1 N–H and O–H groups in total. The fourth-order valence-corrected chi connectivity index (χ4v) is 3.76. The van der Waals surface area contributed by atoms with Crippen LogP contribution in [0.3, 0.4) is 0 Å². The first kappa shape index (κ1) is 20.9. The van der Waals surface area contributed by atoms with Crippen molar-refractivity contribution in [3.05, 3.63) is 59.7 Å². The number of hydrogen-bond acceptors (Lipinski definition) is 3. The Kier molecular flexibility index (Phi) is 6.26. The van der Waals surface area contributed by atoms with Gasteiger partial charge < -0.3 is 15.0 Å². The lowest BCUT2D eigenvalue weighted by Crippen LogP contribution is -2.41. The number of nitrogens with one attached hydrogen (secondary N) is 1. The molecule has 0 saturated carbocycles. The van der Waals surface area contributed by atoms with E-state index in [0.717, 1.165) is 11.3 Å². The van der Waals surface area contributed by atoms with Gasteiger partial charge in [-0.15, -0.1) is 0 Å². The number of nitrogens with zero attached hydrogens (tertiary/aromatic N) is 1. The van der Waals surface area contributed by atoms with E-state index in [1.54, 1.807) is 19.2 Å². The molecule has 0 atom stereocenters. The van der Waals surface area contributed by atoms with E-state index in [1.165, 1.54) is 0 Å². The van der Waals surface area contributed by atoms with Gasteiger partial charge in [0.25, 0.3) is 5.91 Å². The zero-order valence-electron chi connectivity index (χ0n) is 17.7. The molecular formula is C24H30N2O3. The summed E-state index contributed by atoms with van der Waals surface area (Å²) < 4.78 is 5.21. The molecule has 5 nitrogen and oxygen atoms in total. The predicted octanol–water partition coefficient (Wildman–Crippen LogP) is 4.48. The van der Waals surface area contributed by atoms with Crippen molar-refractivity contribution >= 4 is 17.5 Å². The van der Waals surface area contributed by atoms with Gasteiger partial charge in [0.1, 0.15) is 5.75 Å². The second kappa shape index (κ2) is 8.68. The number of amides is 2. The summed E-state index contributed by atoms with van der Waals surface area (Å²) in [4.78, 5) is 27.4. The molecule has 3 rings (SSSR count). The van der Waals surface area contributed by atoms with Gasteiger partial charge in [-0.1, -0.05) is 45.0 Å². The number of piperidine rings is 1. The molecule has 0 unspecified atom stereocenters. The highest BCUT2D eigenvalue weighted by atomic mass is 16.5. The Hall–Kier alpha value is -2.82. The molecule has 0 bridgehead atoms. The van der Waals surface area contributed by atoms with E-state index >= 15 is 0 Å². The summed E-state index contributed by atoms with van der Waals surface area (Å²) in [7, 11) is 1.59. The summed E-state index contributed by atoms with van der Waals surface area (Å²) in [6.45, 7) is 7.58. The molecule has 1 heterocycles. The van der Waals surface area contributed by atoms with Gasteiger partial charge in [-0.2, -0.15) is 0 Å². The predicted molar refractivity (Wildman–Crippen MR) is 115 cm³/mol. The number of methoxy groups -OCH3 is 1. The molecule has 0 aromatic heterocycles. The highest BCUT2D eigenvalue weighted by molar-refractivity contribution is 5.96. The Morgan fingerprint density at radius 1 is 1.03 bits per heavy atom. The molecule has 0 aliphatic carbocycles. The Bertz CT molecular complexity index is 878. The van der Waals surface area contributed by atoms with Crippen LogP contribution in [0.2, 0.25) is 0 Å². The van der Waals surface area contributed by atoms with E-state index in [-0.39, 0.29) is 23.1 Å². The fraction of sp³-hybridized carbons (Fsp3) is 0.417. The second-order valence-electron chi connectivity index (χ2n) is 8.58. The van der Waals surface area contributed by atoms with Crippen molar-refractivity contribution in [1.82, 2.24) is 4.90 Å². The molecule has 2 aromatic carbocycles. The Morgan fingerprint density at radius 3 is 2.38 bits per heavy atom. The quantitative estimate of drug-likeness (QED) is 0.832. The van der Waals surface area contributed by atoms with Crippen LogP contribution in [0.15, 0.2) is 48.5 Å². The van der Waals surface area contributed by atoms with Crippen LogP contribution in [0.25, 0.3) is 0 Å². The summed E-state index contributed by atoms with van der Waals surface area (Å²) in [5.41, 5.74) is 2.57. The van der Waals surface area contributed by atoms with Crippen LogP contribution in [0.4, 0.5) is 5.69 Å². The van der Waals surface area contributed by atoms with E-state index in [2.05, 4.69) is 32.2 Å². The van der Waals surface area contributed by atoms with Gasteiger partial charge in [-0.25, -0.2) is 0 Å². The maximum atomic E-state index is 12.8. The Balaban J connectivity index is 1.61. The summed E-state index contributed by atoms with van der Waals surface area (Å²) in [5, 5.41) is 3.12. The first-order chi connectivity index (χ1) is 13.8. The molecular weight excluding hydrogens is 364 g/mol. The highest BCUT2D eigenvalue weighted by Crippen LogP contribution is 2.30. The topological polar surface area (TPSA) is 58.6 Å². The normalized spacial score (nSPS) is 15.1. The molecule has 2 aromatic rings. The SMILES string of the molecule is COc1cccc(C(=O)N2CCC(C(=O)Nc3ccccc3C(C)(C)C)CC2)c1. The van der Waals surface area contributed by atoms with E-state index < -0.39 is 0 Å². The van der Waals surface area contributed by atoms with Crippen LogP contribution in [0, 0.1) is 5.92 Å². The minimum Gasteiger partial charge on any atom is -0.497 e. The van der Waals surface area contributed by atoms with Crippen molar-refractivity contribution in [2.24, 2.45) is 5.92 Å². The monoisotopic (exact) mass is 394 g/mol. The standard InChI is InChI=1S/C24H30N2O3/c1-24(2,3)20-10-5-6-11-21(20)25-22(27)17-12-14-26(15-13-17)23(28)18-8-7-9-19(16-18)29-4/h5-11,16-17H,12-15H2,1-4H3,(H,25,27). The Labute approximate surface area is 173 Å². The number of anilines is 1. The van der Waals surface area contributed by atoms with E-state index in [1.807, 2.05) is 35.2 Å². The van der Waals surface area contributed by atoms with Crippen LogP contribution in [-0.2, 0) is 10.2 Å². The molecule has 29 heavy (non-hydrogen) atoms. The number of hydrogen-bond donors (Lipinski definition) is 1. The largest absolute Gasteiger partial charge is 0.497 e. The smallest absolute Gasteiger partial charge is 0.253 e. The van der Waals surface area contributed by atoms with Crippen LogP contribution in [-0.4, -0.2) is 36.9 Å². The third kappa shape index (κ3) is 4.97. The fourth-order valence-electron chi connectivity index (χ4n) is 3.76. The van der Waals surface area contributed by atoms with Gasteiger partial charge in [-0.05, 0) is 48.1 Å². The van der Waals surface area contributed by atoms with Gasteiger partial charge in [0, 0.05) is 30.3 Å². The van der Waals surface area contributed by atoms with Gasteiger partial charge >= 0.3 is 0 Å². The number of para-hydroxylation sites is 1. The van der Waals surface area contributed by atoms with Crippen molar-refractivity contribution in [1.29, 1.82) is 0 Å². The molecule has 154 valence electrons. The lowest BCUT2D eigenvalue weighted by molar-refractivity contribution is -0.121. The van der Waals surface area contributed by atoms with E-state index in [0.29, 0.717) is 37.2 Å². The van der Waals surface area contributed by atoms with E-state index in [4.69, 9.17) is 4.74 Å². The summed E-state index contributed by atoms with van der Waals surface area (Å²) in [6.07, 6.45) is 1.33. The average molecular weight is 395 g/mol. The zero-order valence-corrected chi connectivity index (χ0v) is 17.7. The molecule has 1 saturated heterocycles. The minimum absolute atomic E-state index is 0.0131. The number of benzene rings is 2. The van der Waals surface area contributed by atoms with Gasteiger partial charge in [-0.3, -0.25) is 9.59 Å². The van der Waals surface area contributed by atoms with Crippen molar-refractivity contribution in [2.45, 2.75) is 39.0 Å². The third-order valence-electron chi connectivity index (χ3n) is 5.46. The van der Waals surface area contributed by atoms with E-state index in [9.17, 15) is 9.59 Å². The van der Waals surface area contributed by atoms with Crippen molar-refractivity contribution in [3.8, 4) is 5.75 Å². The number of likely N-dealkylation sites (tertiary alicyclic amines) is 1. The summed E-state index contributed by atoms with van der Waals surface area (Å²) >= 11 is 0. The third-order valence-corrected chi connectivity index (χ3v) is 5.46. The number of rotatable bonds is 4. The first-order valence-corrected chi connectivity index (χ1v) is 10.1. The van der Waals surface area contributed by atoms with Gasteiger partial charge in [0.15, 0.2) is 0 Å². The van der Waals surface area contributed by atoms with Crippen LogP contribution >= 0.6 is 0 Å². The summed E-state index contributed by atoms with van der Waals surface area (Å²) in [5.74, 6) is 0.607. The number of ether oxygens (including phenoxy) is 1. The Morgan fingerprint density at radius 2 is 1.72 bits per heavy atom. The number of carbonyl (C=O) groups is 2. The lowest BCUT2D eigenvalue weighted by atomic mass is 9.85. The lowest BCUT2D eigenvalue weighted by Gasteiger charge is -2.32. The zero-order chi connectivity index (χ0) is 21.0. The first-order valence-electron chi connectivity index (χ1n) is 10.1. The number of carbonyl (C=O) groups excluding carboxylic acids is 2. The van der Waals surface area contributed by atoms with Crippen LogP contribution in [0.1, 0.15) is 49.5 Å². The maximum absolute atomic E-state index is 12.8. The van der Waals surface area contributed by atoms with Gasteiger partial charge in [0.2, 0.25) is 5.91 Å². The summed E-state index contributed by atoms with van der Waals surface area (Å²) in [6, 6.07) is 15.2. The molecule has 1 aliphatic heterocycles. The molecule has 1 aliphatic rings. The molecule has 0 radical (unpaired) electrons. The average Bonchev–Trinajstić information content (AvgIpc) is 2.73. The van der Waals surface area contributed by atoms with Crippen molar-refractivity contribution in [2.75, 3.05) is 25.5 Å². The van der Waals surface area contributed by atoms with Crippen molar-refractivity contribution < 1.29 is 14.3 Å². The van der Waals surface area contributed by atoms with Gasteiger partial charge in [0.05, 0.1) is 7.11 Å². The van der Waals surface area contributed by atoms with Crippen molar-refractivity contribution in [3.63, 3.8) is 0 Å². The molecule has 1 fully saturated rings. The molecule has 0 spiro atoms. The van der Waals surface area contributed by atoms with Crippen LogP contribution < -0.4 is 10.1 Å². The van der Waals surface area contributed by atoms with Crippen LogP contribution in [0.5, 0.6) is 5.75 Å². The highest BCUT2D eigenvalue weighted by Gasteiger charge is 2.29. The second-order valence-corrected chi connectivity index (χ2v) is 8.58. The maximum Gasteiger partial charge on any atom is 0.253 e.